The maximum Gasteiger partial charge on any atom is 0.240 e. The molecule has 0 saturated carbocycles. The van der Waals surface area contributed by atoms with Crippen molar-refractivity contribution in [2.45, 2.75) is 51.1 Å². The summed E-state index contributed by atoms with van der Waals surface area (Å²) >= 11 is 0. The standard InChI is InChI=1S/C30H35N3O3/c1-3-22(2)21-28(35)32-26(29(31)36)19-20-27(34)33-30(23-13-7-4-8-14-23,24-15-9-5-10-16-24)25-17-11-6-12-18-25/h4-18,22,26H,3,19-21H2,1-2H3,(H2,31,36)(H,32,35)(H,33,34)/t22-,26-/m0/s1. The van der Waals surface area contributed by atoms with Gasteiger partial charge in [0.2, 0.25) is 17.7 Å². The number of primary amides is 1. The number of rotatable bonds is 12. The smallest absolute Gasteiger partial charge is 0.240 e. The topological polar surface area (TPSA) is 101 Å². The van der Waals surface area contributed by atoms with Gasteiger partial charge in [0.05, 0.1) is 0 Å². The molecule has 0 aliphatic carbocycles. The molecule has 0 aliphatic heterocycles. The number of nitrogens with one attached hydrogen (secondary N) is 2. The van der Waals surface area contributed by atoms with Gasteiger partial charge in [-0.05, 0) is 29.0 Å². The van der Waals surface area contributed by atoms with Crippen LogP contribution in [0.4, 0.5) is 0 Å². The summed E-state index contributed by atoms with van der Waals surface area (Å²) in [5, 5.41) is 5.97. The predicted molar refractivity (Wildman–Crippen MR) is 142 cm³/mol. The van der Waals surface area contributed by atoms with Crippen LogP contribution in [0, 0.1) is 5.92 Å². The van der Waals surface area contributed by atoms with Crippen LogP contribution in [-0.2, 0) is 19.9 Å². The average molecular weight is 486 g/mol. The Bertz CT molecular complexity index is 1040. The monoisotopic (exact) mass is 485 g/mol. The normalized spacial score (nSPS) is 12.8. The van der Waals surface area contributed by atoms with Crippen LogP contribution in [-0.4, -0.2) is 23.8 Å². The Kier molecular flexibility index (Phi) is 9.39. The summed E-state index contributed by atoms with van der Waals surface area (Å²) in [5.41, 5.74) is 7.33. The van der Waals surface area contributed by atoms with Crippen LogP contribution < -0.4 is 16.4 Å². The lowest BCUT2D eigenvalue weighted by Crippen LogP contribution is -2.49. The van der Waals surface area contributed by atoms with Gasteiger partial charge in [-0.1, -0.05) is 111 Å². The van der Waals surface area contributed by atoms with E-state index in [-0.39, 0.29) is 30.6 Å². The zero-order valence-electron chi connectivity index (χ0n) is 20.9. The first-order chi connectivity index (χ1) is 17.4. The summed E-state index contributed by atoms with van der Waals surface area (Å²) in [5.74, 6) is -0.944. The Morgan fingerprint density at radius 3 is 1.61 bits per heavy atom. The van der Waals surface area contributed by atoms with Gasteiger partial charge in [-0.3, -0.25) is 14.4 Å². The zero-order valence-corrected chi connectivity index (χ0v) is 20.9. The molecule has 0 bridgehead atoms. The Hall–Kier alpha value is -3.93. The van der Waals surface area contributed by atoms with Gasteiger partial charge in [0, 0.05) is 12.8 Å². The van der Waals surface area contributed by atoms with E-state index in [0.29, 0.717) is 6.42 Å². The molecule has 0 spiro atoms. The molecule has 0 unspecified atom stereocenters. The van der Waals surface area contributed by atoms with E-state index in [2.05, 4.69) is 10.6 Å². The third kappa shape index (κ3) is 6.60. The van der Waals surface area contributed by atoms with E-state index in [4.69, 9.17) is 5.73 Å². The molecule has 0 heterocycles. The second kappa shape index (κ2) is 12.7. The van der Waals surface area contributed by atoms with Gasteiger partial charge in [0.15, 0.2) is 0 Å². The first-order valence-corrected chi connectivity index (χ1v) is 12.4. The number of benzene rings is 3. The number of hydrogen-bond donors (Lipinski definition) is 3. The molecule has 3 rings (SSSR count). The number of hydrogen-bond acceptors (Lipinski definition) is 3. The van der Waals surface area contributed by atoms with Crippen LogP contribution in [0.25, 0.3) is 0 Å². The van der Waals surface area contributed by atoms with Crippen LogP contribution in [0.1, 0.15) is 56.2 Å². The SMILES string of the molecule is CC[C@H](C)CC(=O)N[C@@H](CCC(=O)NC(c1ccccc1)(c1ccccc1)c1ccccc1)C(N)=O. The molecule has 36 heavy (non-hydrogen) atoms. The molecular formula is C30H35N3O3. The summed E-state index contributed by atoms with van der Waals surface area (Å²) in [6.07, 6.45) is 1.30. The summed E-state index contributed by atoms with van der Waals surface area (Å²) in [4.78, 5) is 37.8. The van der Waals surface area contributed by atoms with Crippen molar-refractivity contribution in [1.82, 2.24) is 10.6 Å². The molecule has 0 fully saturated rings. The summed E-state index contributed by atoms with van der Waals surface area (Å²) in [7, 11) is 0. The Morgan fingerprint density at radius 2 is 1.22 bits per heavy atom. The average Bonchev–Trinajstić information content (AvgIpc) is 2.90. The maximum atomic E-state index is 13.4. The summed E-state index contributed by atoms with van der Waals surface area (Å²) in [6.45, 7) is 3.98. The summed E-state index contributed by atoms with van der Waals surface area (Å²) in [6, 6.07) is 28.5. The maximum absolute atomic E-state index is 13.4. The molecule has 2 atom stereocenters. The molecule has 0 aliphatic rings. The Balaban J connectivity index is 1.89. The molecular weight excluding hydrogens is 450 g/mol. The van der Waals surface area contributed by atoms with Gasteiger partial charge < -0.3 is 16.4 Å². The largest absolute Gasteiger partial charge is 0.368 e. The first kappa shape index (κ1) is 26.7. The van der Waals surface area contributed by atoms with E-state index in [1.807, 2.05) is 105 Å². The Morgan fingerprint density at radius 1 is 0.778 bits per heavy atom. The number of amides is 3. The van der Waals surface area contributed by atoms with E-state index in [0.717, 1.165) is 23.1 Å². The second-order valence-electron chi connectivity index (χ2n) is 9.17. The van der Waals surface area contributed by atoms with E-state index >= 15 is 0 Å². The van der Waals surface area contributed by atoms with Crippen molar-refractivity contribution in [2.24, 2.45) is 11.7 Å². The second-order valence-corrected chi connectivity index (χ2v) is 9.17. The minimum atomic E-state index is -0.942. The van der Waals surface area contributed by atoms with E-state index in [1.165, 1.54) is 0 Å². The lowest BCUT2D eigenvalue weighted by atomic mass is 9.77. The molecule has 4 N–H and O–H groups in total. The van der Waals surface area contributed by atoms with Gasteiger partial charge >= 0.3 is 0 Å². The first-order valence-electron chi connectivity index (χ1n) is 12.4. The van der Waals surface area contributed by atoms with Crippen LogP contribution in [0.15, 0.2) is 91.0 Å². The van der Waals surface area contributed by atoms with Crippen LogP contribution in [0.2, 0.25) is 0 Å². The van der Waals surface area contributed by atoms with E-state index in [9.17, 15) is 14.4 Å². The van der Waals surface area contributed by atoms with E-state index in [1.54, 1.807) is 0 Å². The van der Waals surface area contributed by atoms with Crippen molar-refractivity contribution in [3.05, 3.63) is 108 Å². The van der Waals surface area contributed by atoms with Crippen molar-refractivity contribution in [3.8, 4) is 0 Å². The molecule has 6 nitrogen and oxygen atoms in total. The van der Waals surface area contributed by atoms with Gasteiger partial charge in [-0.25, -0.2) is 0 Å². The lowest BCUT2D eigenvalue weighted by molar-refractivity contribution is -0.129. The molecule has 0 radical (unpaired) electrons. The third-order valence-corrected chi connectivity index (χ3v) is 6.52. The van der Waals surface area contributed by atoms with Crippen molar-refractivity contribution in [2.75, 3.05) is 0 Å². The highest BCUT2D eigenvalue weighted by Gasteiger charge is 2.37. The van der Waals surface area contributed by atoms with Crippen molar-refractivity contribution in [1.29, 1.82) is 0 Å². The third-order valence-electron chi connectivity index (χ3n) is 6.52. The fraction of sp³-hybridized carbons (Fsp3) is 0.300. The highest BCUT2D eigenvalue weighted by Crippen LogP contribution is 2.36. The lowest BCUT2D eigenvalue weighted by Gasteiger charge is -2.37. The number of carbonyl (C=O) groups is 3. The molecule has 0 saturated heterocycles. The highest BCUT2D eigenvalue weighted by atomic mass is 16.2. The van der Waals surface area contributed by atoms with Crippen LogP contribution >= 0.6 is 0 Å². The molecule has 3 aromatic rings. The van der Waals surface area contributed by atoms with Gasteiger partial charge in [0.25, 0.3) is 0 Å². The minimum absolute atomic E-state index is 0.0193. The van der Waals surface area contributed by atoms with Crippen molar-refractivity contribution < 1.29 is 14.4 Å². The summed E-state index contributed by atoms with van der Waals surface area (Å²) < 4.78 is 0. The molecule has 188 valence electrons. The molecule has 6 heteroatoms. The number of carbonyl (C=O) groups excluding carboxylic acids is 3. The molecule has 3 aromatic carbocycles. The molecule has 3 amide bonds. The minimum Gasteiger partial charge on any atom is -0.368 e. The number of nitrogens with two attached hydrogens (primary N) is 1. The quantitative estimate of drug-likeness (QED) is 0.334. The van der Waals surface area contributed by atoms with Crippen LogP contribution in [0.3, 0.4) is 0 Å². The van der Waals surface area contributed by atoms with Gasteiger partial charge in [-0.15, -0.1) is 0 Å². The fourth-order valence-electron chi connectivity index (χ4n) is 4.33. The zero-order chi connectivity index (χ0) is 26.0. The Labute approximate surface area is 213 Å². The highest BCUT2D eigenvalue weighted by molar-refractivity contribution is 5.87. The van der Waals surface area contributed by atoms with Crippen molar-refractivity contribution in [3.63, 3.8) is 0 Å². The van der Waals surface area contributed by atoms with Gasteiger partial charge in [-0.2, -0.15) is 0 Å². The van der Waals surface area contributed by atoms with E-state index < -0.39 is 17.5 Å². The predicted octanol–water partition coefficient (Wildman–Crippen LogP) is 4.28. The molecule has 0 aromatic heterocycles. The van der Waals surface area contributed by atoms with Crippen LogP contribution in [0.5, 0.6) is 0 Å². The fourth-order valence-corrected chi connectivity index (χ4v) is 4.33. The van der Waals surface area contributed by atoms with Gasteiger partial charge in [0.1, 0.15) is 11.6 Å². The van der Waals surface area contributed by atoms with Crippen molar-refractivity contribution >= 4 is 17.7 Å².